The number of ether oxygens (including phenoxy) is 2. The zero-order valence-electron chi connectivity index (χ0n) is 15.6. The number of carbonyl (C=O) groups is 2. The van der Waals surface area contributed by atoms with E-state index in [1.54, 1.807) is 66.7 Å². The van der Waals surface area contributed by atoms with Crippen LogP contribution in [0.4, 0.5) is 19.7 Å². The number of aromatic nitrogens is 1. The Bertz CT molecular complexity index is 1140. The predicted molar refractivity (Wildman–Crippen MR) is 109 cm³/mol. The maximum absolute atomic E-state index is 14.6. The molecule has 148 valence electrons. The van der Waals surface area contributed by atoms with Gasteiger partial charge in [-0.05, 0) is 30.3 Å². The molecule has 0 N–H and O–H groups in total. The lowest BCUT2D eigenvalue weighted by atomic mass is 10.1. The standard InChI is InChI=1S/C23H15FN2O4/c24-19-13-7-8-16-14-25-15-20(21(16)19)26(22(27)29-17-9-3-1-4-10-17)23(28)30-18-11-5-2-6-12-18/h1-15H. The van der Waals surface area contributed by atoms with E-state index in [9.17, 15) is 14.0 Å². The van der Waals surface area contributed by atoms with E-state index in [-0.39, 0.29) is 22.6 Å². The molecule has 7 heteroatoms. The molecule has 0 radical (unpaired) electrons. The van der Waals surface area contributed by atoms with Crippen LogP contribution in [0.1, 0.15) is 0 Å². The minimum absolute atomic E-state index is 0.0440. The molecule has 3 aromatic carbocycles. The lowest BCUT2D eigenvalue weighted by Gasteiger charge is -2.21. The fourth-order valence-corrected chi connectivity index (χ4v) is 2.88. The number of benzene rings is 3. The number of anilines is 1. The molecule has 30 heavy (non-hydrogen) atoms. The van der Waals surface area contributed by atoms with E-state index in [4.69, 9.17) is 9.47 Å². The molecule has 0 unspecified atom stereocenters. The fraction of sp³-hybridized carbons (Fsp3) is 0. The summed E-state index contributed by atoms with van der Waals surface area (Å²) in [4.78, 5) is 30.6. The Morgan fingerprint density at radius 3 is 1.87 bits per heavy atom. The lowest BCUT2D eigenvalue weighted by molar-refractivity contribution is 0.191. The van der Waals surface area contributed by atoms with E-state index in [1.807, 2.05) is 0 Å². The van der Waals surface area contributed by atoms with Crippen LogP contribution >= 0.6 is 0 Å². The van der Waals surface area contributed by atoms with Crippen LogP contribution in [0.15, 0.2) is 91.3 Å². The highest BCUT2D eigenvalue weighted by Gasteiger charge is 2.30. The molecule has 0 fully saturated rings. The highest BCUT2D eigenvalue weighted by molar-refractivity contribution is 6.15. The summed E-state index contributed by atoms with van der Waals surface area (Å²) in [5.41, 5.74) is -0.0903. The van der Waals surface area contributed by atoms with Gasteiger partial charge < -0.3 is 9.47 Å². The van der Waals surface area contributed by atoms with Crippen molar-refractivity contribution in [3.05, 3.63) is 97.1 Å². The first kappa shape index (κ1) is 19.1. The largest absolute Gasteiger partial charge is 0.429 e. The Labute approximate surface area is 171 Å². The Balaban J connectivity index is 1.78. The van der Waals surface area contributed by atoms with E-state index in [0.717, 1.165) is 0 Å². The third kappa shape index (κ3) is 3.95. The Morgan fingerprint density at radius 1 is 0.733 bits per heavy atom. The second-order valence-electron chi connectivity index (χ2n) is 6.19. The van der Waals surface area contributed by atoms with Crippen LogP contribution in [0.2, 0.25) is 0 Å². The molecule has 0 saturated heterocycles. The summed E-state index contributed by atoms with van der Waals surface area (Å²) in [5, 5.41) is 0.458. The Morgan fingerprint density at radius 2 is 1.30 bits per heavy atom. The molecular formula is C23H15FN2O4. The van der Waals surface area contributed by atoms with Crippen molar-refractivity contribution in [3.8, 4) is 11.5 Å². The normalized spacial score (nSPS) is 10.4. The van der Waals surface area contributed by atoms with Gasteiger partial charge in [-0.15, -0.1) is 0 Å². The number of carbonyl (C=O) groups excluding carboxylic acids is 2. The molecule has 0 aliphatic rings. The average Bonchev–Trinajstić information content (AvgIpc) is 2.75. The van der Waals surface area contributed by atoms with E-state index >= 15 is 0 Å². The number of para-hydroxylation sites is 2. The van der Waals surface area contributed by atoms with Crippen molar-refractivity contribution in [2.24, 2.45) is 0 Å². The van der Waals surface area contributed by atoms with Crippen molar-refractivity contribution >= 4 is 28.6 Å². The third-order valence-electron chi connectivity index (χ3n) is 4.22. The zero-order valence-corrected chi connectivity index (χ0v) is 15.6. The molecule has 1 aromatic heterocycles. The maximum Gasteiger partial charge on any atom is 0.429 e. The molecule has 0 atom stereocenters. The highest BCUT2D eigenvalue weighted by Crippen LogP contribution is 2.30. The average molecular weight is 402 g/mol. The molecule has 2 amide bonds. The van der Waals surface area contributed by atoms with Crippen molar-refractivity contribution in [2.75, 3.05) is 4.90 Å². The van der Waals surface area contributed by atoms with Gasteiger partial charge in [-0.2, -0.15) is 4.90 Å². The van der Waals surface area contributed by atoms with Crippen LogP contribution < -0.4 is 14.4 Å². The quantitative estimate of drug-likeness (QED) is 0.448. The topological polar surface area (TPSA) is 68.7 Å². The van der Waals surface area contributed by atoms with Gasteiger partial charge in [0.15, 0.2) is 0 Å². The van der Waals surface area contributed by atoms with E-state index < -0.39 is 18.0 Å². The molecule has 0 saturated carbocycles. The van der Waals surface area contributed by atoms with Gasteiger partial charge in [0.2, 0.25) is 0 Å². The summed E-state index contributed by atoms with van der Waals surface area (Å²) < 4.78 is 25.3. The van der Waals surface area contributed by atoms with Crippen molar-refractivity contribution < 1.29 is 23.5 Å². The number of fused-ring (bicyclic) bond motifs is 1. The van der Waals surface area contributed by atoms with Gasteiger partial charge in [0.05, 0.1) is 11.9 Å². The molecule has 1 heterocycles. The number of imide groups is 1. The van der Waals surface area contributed by atoms with Crippen molar-refractivity contribution in [3.63, 3.8) is 0 Å². The van der Waals surface area contributed by atoms with Crippen LogP contribution in [0.5, 0.6) is 11.5 Å². The van der Waals surface area contributed by atoms with Crippen LogP contribution in [-0.4, -0.2) is 17.2 Å². The summed E-state index contributed by atoms with van der Waals surface area (Å²) in [6.45, 7) is 0. The monoisotopic (exact) mass is 402 g/mol. The molecular weight excluding hydrogens is 387 g/mol. The first-order chi connectivity index (χ1) is 14.6. The van der Waals surface area contributed by atoms with Crippen molar-refractivity contribution in [1.82, 2.24) is 4.98 Å². The smallest absolute Gasteiger partial charge is 0.410 e. The Kier molecular flexibility index (Phi) is 5.34. The number of pyridine rings is 1. The minimum atomic E-state index is -1.06. The van der Waals surface area contributed by atoms with Crippen LogP contribution in [0, 0.1) is 5.82 Å². The van der Waals surface area contributed by atoms with Crippen molar-refractivity contribution in [1.29, 1.82) is 0 Å². The zero-order chi connectivity index (χ0) is 20.9. The van der Waals surface area contributed by atoms with Crippen molar-refractivity contribution in [2.45, 2.75) is 0 Å². The third-order valence-corrected chi connectivity index (χ3v) is 4.22. The second-order valence-corrected chi connectivity index (χ2v) is 6.19. The molecule has 6 nitrogen and oxygen atoms in total. The SMILES string of the molecule is O=C(Oc1ccccc1)N(C(=O)Oc1ccccc1)c1cncc2cccc(F)c12. The van der Waals surface area contributed by atoms with Gasteiger partial charge in [0.1, 0.15) is 17.3 Å². The number of halogens is 1. The molecule has 4 aromatic rings. The van der Waals surface area contributed by atoms with Crippen LogP contribution in [0.3, 0.4) is 0 Å². The number of rotatable bonds is 3. The predicted octanol–water partition coefficient (Wildman–Crippen LogP) is 5.58. The molecule has 0 aliphatic heterocycles. The summed E-state index contributed by atoms with van der Waals surface area (Å²) in [6.07, 6.45) is 0.536. The molecule has 0 spiro atoms. The number of hydrogen-bond acceptors (Lipinski definition) is 5. The summed E-state index contributed by atoms with van der Waals surface area (Å²) >= 11 is 0. The van der Waals surface area contributed by atoms with Crippen LogP contribution in [0.25, 0.3) is 10.8 Å². The van der Waals surface area contributed by atoms with Gasteiger partial charge in [-0.1, -0.05) is 48.5 Å². The summed E-state index contributed by atoms with van der Waals surface area (Å²) in [6, 6.07) is 20.8. The van der Waals surface area contributed by atoms with E-state index in [0.29, 0.717) is 10.3 Å². The summed E-state index contributed by atoms with van der Waals surface area (Å²) in [5.74, 6) is -0.183. The number of hydrogen-bond donors (Lipinski definition) is 0. The molecule has 4 rings (SSSR count). The second kappa shape index (κ2) is 8.40. The Hall–Kier alpha value is -4.26. The lowest BCUT2D eigenvalue weighted by Crippen LogP contribution is -2.41. The summed E-state index contributed by atoms with van der Waals surface area (Å²) in [7, 11) is 0. The maximum atomic E-state index is 14.6. The number of amides is 2. The van der Waals surface area contributed by atoms with Gasteiger partial charge in [-0.3, -0.25) is 4.98 Å². The highest BCUT2D eigenvalue weighted by atomic mass is 19.1. The van der Waals surface area contributed by atoms with E-state index in [2.05, 4.69) is 4.98 Å². The minimum Gasteiger partial charge on any atom is -0.410 e. The van der Waals surface area contributed by atoms with Gasteiger partial charge >= 0.3 is 12.2 Å². The fourth-order valence-electron chi connectivity index (χ4n) is 2.88. The first-order valence-corrected chi connectivity index (χ1v) is 8.99. The van der Waals surface area contributed by atoms with E-state index in [1.165, 1.54) is 24.5 Å². The van der Waals surface area contributed by atoms with Crippen LogP contribution in [-0.2, 0) is 0 Å². The number of nitrogens with zero attached hydrogens (tertiary/aromatic N) is 2. The van der Waals surface area contributed by atoms with Gasteiger partial charge in [0.25, 0.3) is 0 Å². The van der Waals surface area contributed by atoms with Gasteiger partial charge in [0, 0.05) is 17.0 Å². The molecule has 0 aliphatic carbocycles. The molecule has 0 bridgehead atoms. The first-order valence-electron chi connectivity index (χ1n) is 8.99. The van der Waals surface area contributed by atoms with Gasteiger partial charge in [-0.25, -0.2) is 14.0 Å².